The summed E-state index contributed by atoms with van der Waals surface area (Å²) in [6.45, 7) is 6.82. The van der Waals surface area contributed by atoms with Crippen molar-refractivity contribution in [1.29, 1.82) is 5.26 Å². The van der Waals surface area contributed by atoms with Crippen LogP contribution in [0.4, 0.5) is 10.2 Å². The third-order valence-electron chi connectivity index (χ3n) is 7.70. The van der Waals surface area contributed by atoms with Crippen LogP contribution in [0.1, 0.15) is 39.9 Å². The minimum absolute atomic E-state index is 0.0195. The van der Waals surface area contributed by atoms with Gasteiger partial charge in [-0.2, -0.15) is 5.26 Å². The number of likely N-dealkylation sites (tertiary alicyclic amines) is 1. The van der Waals surface area contributed by atoms with Gasteiger partial charge >= 0.3 is 0 Å². The van der Waals surface area contributed by atoms with E-state index in [1.807, 2.05) is 24.3 Å². The Labute approximate surface area is 244 Å². The average molecular weight is 582 g/mol. The lowest BCUT2D eigenvalue weighted by molar-refractivity contribution is 0.0950. The van der Waals surface area contributed by atoms with Gasteiger partial charge in [0.05, 0.1) is 27.2 Å². The Hall–Kier alpha value is -3.22. The number of nitriles is 1. The predicted molar refractivity (Wildman–Crippen MR) is 155 cm³/mol. The first-order valence-electron chi connectivity index (χ1n) is 13.5. The molecule has 1 N–H and O–H groups in total. The average Bonchev–Trinajstić information content (AvgIpc) is 2.98. The molecule has 1 amide bonds. The highest BCUT2D eigenvalue weighted by atomic mass is 35.5. The van der Waals surface area contributed by atoms with Crippen LogP contribution in [-0.2, 0) is 13.1 Å². The van der Waals surface area contributed by atoms with E-state index >= 15 is 0 Å². The zero-order valence-corrected chi connectivity index (χ0v) is 23.6. The zero-order valence-electron chi connectivity index (χ0n) is 22.1. The Kier molecular flexibility index (Phi) is 9.18. The normalized spacial score (nSPS) is 17.0. The number of rotatable bonds is 7. The summed E-state index contributed by atoms with van der Waals surface area (Å²) in [5, 5.41) is 12.3. The predicted octanol–water partition coefficient (Wildman–Crippen LogP) is 5.12. The third-order valence-corrected chi connectivity index (χ3v) is 8.27. The smallest absolute Gasteiger partial charge is 0.253 e. The van der Waals surface area contributed by atoms with Crippen LogP contribution in [0.2, 0.25) is 10.0 Å². The van der Waals surface area contributed by atoms with Crippen LogP contribution >= 0.6 is 23.2 Å². The molecule has 0 bridgehead atoms. The summed E-state index contributed by atoms with van der Waals surface area (Å²) >= 11 is 12.4. The van der Waals surface area contributed by atoms with E-state index in [-0.39, 0.29) is 17.5 Å². The second kappa shape index (κ2) is 13.0. The fourth-order valence-corrected chi connectivity index (χ4v) is 5.89. The monoisotopic (exact) mass is 580 g/mol. The highest BCUT2D eigenvalue weighted by Crippen LogP contribution is 2.27. The lowest BCUT2D eigenvalue weighted by atomic mass is 10.0. The first-order chi connectivity index (χ1) is 19.4. The van der Waals surface area contributed by atoms with Crippen molar-refractivity contribution in [3.63, 3.8) is 0 Å². The lowest BCUT2D eigenvalue weighted by Gasteiger charge is -2.43. The van der Waals surface area contributed by atoms with Gasteiger partial charge in [-0.25, -0.2) is 9.37 Å². The van der Waals surface area contributed by atoms with Crippen molar-refractivity contribution in [2.45, 2.75) is 32.0 Å². The van der Waals surface area contributed by atoms with Crippen LogP contribution in [0.3, 0.4) is 0 Å². The molecule has 5 rings (SSSR count). The summed E-state index contributed by atoms with van der Waals surface area (Å²) in [6.07, 6.45) is 3.83. The standard InChI is InChI=1S/C30H31Cl2FN6O/c31-26-15-23(5-6-28(26)33)18-36-30(40)24-16-27(32)29(35-19-24)39-13-11-38(12-14-39)25-7-9-37(10-8-25)20-22-3-1-21(17-34)2-4-22/h1-6,15-16,19,25H,7-14,18,20H2,(H,36,40). The van der Waals surface area contributed by atoms with Crippen LogP contribution in [0.15, 0.2) is 54.7 Å². The SMILES string of the molecule is N#Cc1ccc(CN2CCC(N3CCN(c4ncc(C(=O)NCc5ccc(F)c(Cl)c5)cc4Cl)CC3)CC2)cc1. The Morgan fingerprint density at radius 3 is 2.33 bits per heavy atom. The fourth-order valence-electron chi connectivity index (χ4n) is 5.41. The Bertz CT molecular complexity index is 1380. The maximum atomic E-state index is 13.4. The molecule has 0 unspecified atom stereocenters. The molecule has 208 valence electrons. The molecule has 3 aromatic rings. The number of carbonyl (C=O) groups excluding carboxylic acids is 1. The quantitative estimate of drug-likeness (QED) is 0.418. The van der Waals surface area contributed by atoms with Gasteiger partial charge < -0.3 is 10.2 Å². The number of aromatic nitrogens is 1. The highest BCUT2D eigenvalue weighted by molar-refractivity contribution is 6.33. The molecule has 1 aromatic heterocycles. The molecule has 0 spiro atoms. The molecule has 2 aliphatic rings. The molecule has 2 saturated heterocycles. The van der Waals surface area contributed by atoms with Gasteiger partial charge in [0.25, 0.3) is 5.91 Å². The topological polar surface area (TPSA) is 75.5 Å². The summed E-state index contributed by atoms with van der Waals surface area (Å²) in [6, 6.07) is 16.6. The maximum Gasteiger partial charge on any atom is 0.253 e. The van der Waals surface area contributed by atoms with Crippen molar-refractivity contribution in [2.24, 2.45) is 0 Å². The minimum atomic E-state index is -0.495. The number of hydrogen-bond donors (Lipinski definition) is 1. The molecular weight excluding hydrogens is 550 g/mol. The number of carbonyl (C=O) groups is 1. The van der Waals surface area contributed by atoms with Crippen LogP contribution < -0.4 is 10.2 Å². The number of halogens is 3. The Morgan fingerprint density at radius 2 is 1.68 bits per heavy atom. The Morgan fingerprint density at radius 1 is 0.975 bits per heavy atom. The molecule has 0 atom stereocenters. The number of nitrogens with zero attached hydrogens (tertiary/aromatic N) is 5. The number of amides is 1. The Balaban J connectivity index is 1.08. The van der Waals surface area contributed by atoms with Crippen LogP contribution in [0.25, 0.3) is 0 Å². The molecule has 3 heterocycles. The number of piperidine rings is 1. The van der Waals surface area contributed by atoms with E-state index in [0.29, 0.717) is 33.6 Å². The largest absolute Gasteiger partial charge is 0.353 e. The molecule has 40 heavy (non-hydrogen) atoms. The van der Waals surface area contributed by atoms with Gasteiger partial charge in [-0.3, -0.25) is 14.6 Å². The van der Waals surface area contributed by atoms with Crippen molar-refractivity contribution in [3.8, 4) is 6.07 Å². The molecule has 0 radical (unpaired) electrons. The number of pyridine rings is 1. The zero-order chi connectivity index (χ0) is 28.1. The number of benzene rings is 2. The second-order valence-corrected chi connectivity index (χ2v) is 11.1. The summed E-state index contributed by atoms with van der Waals surface area (Å²) in [5.74, 6) is -0.109. The first kappa shape index (κ1) is 28.3. The fraction of sp³-hybridized carbons (Fsp3) is 0.367. The van der Waals surface area contributed by atoms with Crippen molar-refractivity contribution >= 4 is 34.9 Å². The number of nitrogens with one attached hydrogen (secondary N) is 1. The summed E-state index contributed by atoms with van der Waals surface area (Å²) in [7, 11) is 0. The number of hydrogen-bond acceptors (Lipinski definition) is 6. The van der Waals surface area contributed by atoms with Crippen molar-refractivity contribution in [2.75, 3.05) is 44.2 Å². The third kappa shape index (κ3) is 6.91. The van der Waals surface area contributed by atoms with Gasteiger partial charge in [0, 0.05) is 51.5 Å². The molecule has 2 fully saturated rings. The summed E-state index contributed by atoms with van der Waals surface area (Å²) < 4.78 is 13.4. The molecule has 0 aliphatic carbocycles. The van der Waals surface area contributed by atoms with Gasteiger partial charge in [0.1, 0.15) is 11.6 Å². The van der Waals surface area contributed by atoms with E-state index in [1.54, 1.807) is 18.3 Å². The van der Waals surface area contributed by atoms with E-state index in [4.69, 9.17) is 28.5 Å². The van der Waals surface area contributed by atoms with Crippen molar-refractivity contribution < 1.29 is 9.18 Å². The second-order valence-electron chi connectivity index (χ2n) is 10.3. The van der Waals surface area contributed by atoms with Crippen LogP contribution in [-0.4, -0.2) is 66.0 Å². The van der Waals surface area contributed by atoms with Crippen LogP contribution in [0, 0.1) is 17.1 Å². The molecule has 7 nitrogen and oxygen atoms in total. The van der Waals surface area contributed by atoms with Gasteiger partial charge in [-0.1, -0.05) is 41.4 Å². The molecule has 2 aromatic carbocycles. The van der Waals surface area contributed by atoms with E-state index in [9.17, 15) is 9.18 Å². The van der Waals surface area contributed by atoms with E-state index in [0.717, 1.165) is 58.7 Å². The number of piperazine rings is 1. The first-order valence-corrected chi connectivity index (χ1v) is 14.2. The minimum Gasteiger partial charge on any atom is -0.353 e. The molecule has 10 heteroatoms. The van der Waals surface area contributed by atoms with Crippen molar-refractivity contribution in [1.82, 2.24) is 20.1 Å². The van der Waals surface area contributed by atoms with Crippen LogP contribution in [0.5, 0.6) is 0 Å². The van der Waals surface area contributed by atoms with Gasteiger partial charge in [-0.15, -0.1) is 0 Å². The van der Waals surface area contributed by atoms with Gasteiger partial charge in [-0.05, 0) is 67.4 Å². The maximum absolute atomic E-state index is 13.4. The van der Waals surface area contributed by atoms with E-state index < -0.39 is 5.82 Å². The number of anilines is 1. The summed E-state index contributed by atoms with van der Waals surface area (Å²) in [4.78, 5) is 24.4. The summed E-state index contributed by atoms with van der Waals surface area (Å²) in [5.41, 5.74) is 3.01. The van der Waals surface area contributed by atoms with Gasteiger partial charge in [0.2, 0.25) is 0 Å². The van der Waals surface area contributed by atoms with Crippen molar-refractivity contribution in [3.05, 3.63) is 92.8 Å². The lowest BCUT2D eigenvalue weighted by Crippen LogP contribution is -2.53. The molecule has 0 saturated carbocycles. The van der Waals surface area contributed by atoms with Gasteiger partial charge in [0.15, 0.2) is 0 Å². The molecule has 2 aliphatic heterocycles. The van der Waals surface area contributed by atoms with E-state index in [2.05, 4.69) is 31.1 Å². The van der Waals surface area contributed by atoms with E-state index in [1.165, 1.54) is 17.7 Å². The highest BCUT2D eigenvalue weighted by Gasteiger charge is 2.28. The molecular formula is C30H31Cl2FN6O.